The summed E-state index contributed by atoms with van der Waals surface area (Å²) in [4.78, 5) is 23.8. The SMILES string of the molecule is CCOc1ccc(N(CC(=O)N/N=C\c2ccc(OC(C)=O)cc2)S(=O)(=O)c2ccc(C)cc2)cc1. The van der Waals surface area contributed by atoms with Crippen molar-refractivity contribution >= 4 is 33.8 Å². The van der Waals surface area contributed by atoms with Crippen molar-refractivity contribution in [3.8, 4) is 11.5 Å². The van der Waals surface area contributed by atoms with Crippen LogP contribution in [-0.2, 0) is 19.6 Å². The normalized spacial score (nSPS) is 11.2. The first-order valence-corrected chi connectivity index (χ1v) is 12.6. The highest BCUT2D eigenvalue weighted by atomic mass is 32.2. The molecule has 0 aliphatic heterocycles. The Bertz CT molecular complexity index is 1320. The van der Waals surface area contributed by atoms with Crippen LogP contribution in [0.15, 0.2) is 82.8 Å². The van der Waals surface area contributed by atoms with E-state index in [2.05, 4.69) is 10.5 Å². The zero-order chi connectivity index (χ0) is 26.1. The molecule has 36 heavy (non-hydrogen) atoms. The average Bonchev–Trinajstić information content (AvgIpc) is 2.84. The summed E-state index contributed by atoms with van der Waals surface area (Å²) >= 11 is 0. The molecule has 9 nitrogen and oxygen atoms in total. The molecule has 1 N–H and O–H groups in total. The van der Waals surface area contributed by atoms with E-state index in [0.717, 1.165) is 9.87 Å². The molecule has 0 saturated carbocycles. The largest absolute Gasteiger partial charge is 0.494 e. The Kier molecular flexibility index (Phi) is 8.80. The van der Waals surface area contributed by atoms with Crippen LogP contribution in [0.25, 0.3) is 0 Å². The van der Waals surface area contributed by atoms with E-state index in [4.69, 9.17) is 9.47 Å². The first-order chi connectivity index (χ1) is 17.2. The van der Waals surface area contributed by atoms with Crippen molar-refractivity contribution in [1.82, 2.24) is 5.43 Å². The number of benzene rings is 3. The fourth-order valence-corrected chi connectivity index (χ4v) is 4.58. The lowest BCUT2D eigenvalue weighted by Gasteiger charge is -2.24. The van der Waals surface area contributed by atoms with Gasteiger partial charge in [-0.05, 0) is 80.1 Å². The van der Waals surface area contributed by atoms with Crippen LogP contribution in [0.2, 0.25) is 0 Å². The lowest BCUT2D eigenvalue weighted by atomic mass is 10.2. The van der Waals surface area contributed by atoms with Crippen LogP contribution in [0.1, 0.15) is 25.0 Å². The summed E-state index contributed by atoms with van der Waals surface area (Å²) in [7, 11) is -4.04. The Morgan fingerprint density at radius 1 is 0.944 bits per heavy atom. The molecule has 10 heteroatoms. The van der Waals surface area contributed by atoms with Crippen molar-refractivity contribution in [1.29, 1.82) is 0 Å². The Morgan fingerprint density at radius 2 is 1.56 bits per heavy atom. The molecule has 1 amide bonds. The molecule has 0 aliphatic carbocycles. The Hall–Kier alpha value is -4.18. The van der Waals surface area contributed by atoms with E-state index in [0.29, 0.717) is 29.4 Å². The van der Waals surface area contributed by atoms with Crippen LogP contribution < -0.4 is 19.2 Å². The molecular weight excluding hydrogens is 482 g/mol. The van der Waals surface area contributed by atoms with E-state index >= 15 is 0 Å². The fourth-order valence-electron chi connectivity index (χ4n) is 3.16. The maximum Gasteiger partial charge on any atom is 0.308 e. The van der Waals surface area contributed by atoms with Crippen molar-refractivity contribution in [2.75, 3.05) is 17.5 Å². The van der Waals surface area contributed by atoms with Crippen LogP contribution in [0.4, 0.5) is 5.69 Å². The second-order valence-electron chi connectivity index (χ2n) is 7.71. The van der Waals surface area contributed by atoms with Gasteiger partial charge in [0.05, 0.1) is 23.4 Å². The molecule has 0 aromatic heterocycles. The smallest absolute Gasteiger partial charge is 0.308 e. The molecule has 188 valence electrons. The van der Waals surface area contributed by atoms with Gasteiger partial charge in [-0.3, -0.25) is 13.9 Å². The highest BCUT2D eigenvalue weighted by molar-refractivity contribution is 7.92. The predicted octanol–water partition coefficient (Wildman–Crippen LogP) is 3.66. The number of ether oxygens (including phenoxy) is 2. The number of amides is 1. The molecule has 0 unspecified atom stereocenters. The molecule has 0 saturated heterocycles. The minimum atomic E-state index is -4.04. The van der Waals surface area contributed by atoms with E-state index in [-0.39, 0.29) is 4.90 Å². The summed E-state index contributed by atoms with van der Waals surface area (Å²) in [6.45, 7) is 4.99. The molecule has 0 spiro atoms. The van der Waals surface area contributed by atoms with E-state index in [1.165, 1.54) is 25.3 Å². The number of carbonyl (C=O) groups is 2. The quantitative estimate of drug-likeness (QED) is 0.193. The standard InChI is InChI=1S/C26H27N3O6S/c1-4-34-23-13-9-22(10-14-23)29(36(32,33)25-15-5-19(2)6-16-25)18-26(31)28-27-17-21-7-11-24(12-8-21)35-20(3)30/h5-17H,4,18H2,1-3H3,(H,28,31)/b27-17-. The number of hydrazone groups is 1. The monoisotopic (exact) mass is 509 g/mol. The number of nitrogens with zero attached hydrogens (tertiary/aromatic N) is 2. The summed E-state index contributed by atoms with van der Waals surface area (Å²) in [5.74, 6) is -0.0904. The third-order valence-corrected chi connectivity index (χ3v) is 6.66. The van der Waals surface area contributed by atoms with Gasteiger partial charge < -0.3 is 9.47 Å². The zero-order valence-corrected chi connectivity index (χ0v) is 21.0. The summed E-state index contributed by atoms with van der Waals surface area (Å²) in [6.07, 6.45) is 1.39. The Balaban J connectivity index is 1.78. The first kappa shape index (κ1) is 26.4. The van der Waals surface area contributed by atoms with Crippen molar-refractivity contribution in [3.05, 3.63) is 83.9 Å². The third kappa shape index (κ3) is 7.16. The van der Waals surface area contributed by atoms with Gasteiger partial charge in [0.1, 0.15) is 18.0 Å². The number of nitrogens with one attached hydrogen (secondary N) is 1. The number of anilines is 1. The number of esters is 1. The number of carbonyl (C=O) groups excluding carboxylic acids is 2. The van der Waals surface area contributed by atoms with E-state index in [1.807, 2.05) is 13.8 Å². The van der Waals surface area contributed by atoms with E-state index in [1.54, 1.807) is 60.7 Å². The number of hydrogen-bond donors (Lipinski definition) is 1. The van der Waals surface area contributed by atoms with Crippen molar-refractivity contribution < 1.29 is 27.5 Å². The molecule has 0 bridgehead atoms. The van der Waals surface area contributed by atoms with Gasteiger partial charge in [-0.2, -0.15) is 5.10 Å². The molecule has 3 aromatic carbocycles. The summed E-state index contributed by atoms with van der Waals surface area (Å²) < 4.78 is 38.3. The van der Waals surface area contributed by atoms with Crippen LogP contribution >= 0.6 is 0 Å². The molecular formula is C26H27N3O6S. The van der Waals surface area contributed by atoms with Gasteiger partial charge >= 0.3 is 5.97 Å². The van der Waals surface area contributed by atoms with Crippen molar-refractivity contribution in [3.63, 3.8) is 0 Å². The lowest BCUT2D eigenvalue weighted by Crippen LogP contribution is -2.39. The van der Waals surface area contributed by atoms with Gasteiger partial charge in [0.2, 0.25) is 0 Å². The zero-order valence-electron chi connectivity index (χ0n) is 20.2. The molecule has 3 rings (SSSR count). The van der Waals surface area contributed by atoms with Gasteiger partial charge in [0.25, 0.3) is 15.9 Å². The summed E-state index contributed by atoms with van der Waals surface area (Å²) in [6, 6.07) is 19.3. The maximum absolute atomic E-state index is 13.4. The highest BCUT2D eigenvalue weighted by Crippen LogP contribution is 2.26. The Labute approximate surface area is 210 Å². The minimum Gasteiger partial charge on any atom is -0.494 e. The first-order valence-electron chi connectivity index (χ1n) is 11.1. The number of aryl methyl sites for hydroxylation is 1. The molecule has 3 aromatic rings. The van der Waals surface area contributed by atoms with Crippen LogP contribution in [-0.4, -0.2) is 39.7 Å². The minimum absolute atomic E-state index is 0.0613. The van der Waals surface area contributed by atoms with Gasteiger partial charge in [0.15, 0.2) is 0 Å². The fraction of sp³-hybridized carbons (Fsp3) is 0.192. The average molecular weight is 510 g/mol. The van der Waals surface area contributed by atoms with E-state index in [9.17, 15) is 18.0 Å². The third-order valence-electron chi connectivity index (χ3n) is 4.88. The molecule has 0 heterocycles. The number of rotatable bonds is 10. The maximum atomic E-state index is 13.4. The van der Waals surface area contributed by atoms with Gasteiger partial charge in [-0.15, -0.1) is 0 Å². The summed E-state index contributed by atoms with van der Waals surface area (Å²) in [5, 5.41) is 3.91. The van der Waals surface area contributed by atoms with Gasteiger partial charge in [-0.25, -0.2) is 13.8 Å². The van der Waals surface area contributed by atoms with E-state index < -0.39 is 28.4 Å². The number of hydrogen-bond acceptors (Lipinski definition) is 7. The molecule has 0 radical (unpaired) electrons. The molecule has 0 atom stereocenters. The molecule has 0 aliphatic rings. The predicted molar refractivity (Wildman–Crippen MR) is 137 cm³/mol. The van der Waals surface area contributed by atoms with Crippen LogP contribution in [0.5, 0.6) is 11.5 Å². The topological polar surface area (TPSA) is 114 Å². The van der Waals surface area contributed by atoms with Crippen LogP contribution in [0, 0.1) is 6.92 Å². The second kappa shape index (κ2) is 12.0. The second-order valence-corrected chi connectivity index (χ2v) is 9.57. The van der Waals surface area contributed by atoms with Gasteiger partial charge in [0, 0.05) is 6.92 Å². The summed E-state index contributed by atoms with van der Waals surface area (Å²) in [5.41, 5.74) is 4.21. The lowest BCUT2D eigenvalue weighted by molar-refractivity contribution is -0.131. The van der Waals surface area contributed by atoms with Crippen molar-refractivity contribution in [2.45, 2.75) is 25.7 Å². The highest BCUT2D eigenvalue weighted by Gasteiger charge is 2.27. The number of sulfonamides is 1. The molecule has 0 fully saturated rings. The Morgan fingerprint density at radius 3 is 2.14 bits per heavy atom. The van der Waals surface area contributed by atoms with Gasteiger partial charge in [-0.1, -0.05) is 17.7 Å². The van der Waals surface area contributed by atoms with Crippen molar-refractivity contribution in [2.24, 2.45) is 5.10 Å². The van der Waals surface area contributed by atoms with Crippen LogP contribution in [0.3, 0.4) is 0 Å².